The van der Waals surface area contributed by atoms with Crippen LogP contribution in [0.1, 0.15) is 51.7 Å². The molecule has 110 valence electrons. The molecular weight excluding hydrogens is 252 g/mol. The lowest BCUT2D eigenvalue weighted by Crippen LogP contribution is -2.35. The second-order valence-corrected chi connectivity index (χ2v) is 5.97. The van der Waals surface area contributed by atoms with E-state index in [-0.39, 0.29) is 5.54 Å². The van der Waals surface area contributed by atoms with Gasteiger partial charge in [0.1, 0.15) is 6.26 Å². The van der Waals surface area contributed by atoms with Gasteiger partial charge in [0.2, 0.25) is 0 Å². The van der Waals surface area contributed by atoms with Crippen molar-refractivity contribution in [3.05, 3.63) is 29.4 Å². The smallest absolute Gasteiger partial charge is 0.323 e. The van der Waals surface area contributed by atoms with Gasteiger partial charge < -0.3 is 9.73 Å². The summed E-state index contributed by atoms with van der Waals surface area (Å²) in [5.41, 5.74) is 3.15. The Hall–Kier alpha value is -1.62. The zero-order valence-corrected chi connectivity index (χ0v) is 13.0. The molecule has 5 nitrogen and oxygen atoms in total. The predicted molar refractivity (Wildman–Crippen MR) is 79.0 cm³/mol. The Morgan fingerprint density at radius 2 is 1.95 bits per heavy atom. The van der Waals surface area contributed by atoms with Gasteiger partial charge in [-0.05, 0) is 39.7 Å². The molecule has 0 radical (unpaired) electrons. The highest BCUT2D eigenvalue weighted by Crippen LogP contribution is 2.14. The molecule has 5 heteroatoms. The predicted octanol–water partition coefficient (Wildman–Crippen LogP) is 2.87. The van der Waals surface area contributed by atoms with E-state index in [9.17, 15) is 0 Å². The number of nitrogens with one attached hydrogen (secondary N) is 1. The van der Waals surface area contributed by atoms with Crippen LogP contribution in [0.5, 0.6) is 0 Å². The van der Waals surface area contributed by atoms with Gasteiger partial charge in [0.15, 0.2) is 0 Å². The summed E-state index contributed by atoms with van der Waals surface area (Å²) in [6.45, 7) is 11.3. The Balaban J connectivity index is 2.18. The Kier molecular flexibility index (Phi) is 4.28. The summed E-state index contributed by atoms with van der Waals surface area (Å²) in [4.78, 5) is 4.51. The second kappa shape index (κ2) is 5.79. The molecule has 0 aliphatic rings. The first kappa shape index (κ1) is 14.8. The van der Waals surface area contributed by atoms with Gasteiger partial charge in [-0.25, -0.2) is 0 Å². The molecule has 0 saturated carbocycles. The molecule has 0 unspecified atom stereocenters. The lowest BCUT2D eigenvalue weighted by Gasteiger charge is -2.19. The minimum absolute atomic E-state index is 0.0643. The summed E-state index contributed by atoms with van der Waals surface area (Å²) in [5, 5.41) is 7.93. The van der Waals surface area contributed by atoms with E-state index in [1.807, 2.05) is 0 Å². The van der Waals surface area contributed by atoms with Crippen molar-refractivity contribution in [1.29, 1.82) is 0 Å². The number of aryl methyl sites for hydroxylation is 2. The molecule has 20 heavy (non-hydrogen) atoms. The number of nitrogens with zero attached hydrogens (tertiary/aromatic N) is 3. The highest BCUT2D eigenvalue weighted by molar-refractivity contribution is 5.19. The van der Waals surface area contributed by atoms with Gasteiger partial charge in [-0.2, -0.15) is 14.8 Å². The third-order valence-corrected chi connectivity index (χ3v) is 3.08. The minimum atomic E-state index is 0.0643. The molecule has 0 atom stereocenters. The molecule has 2 aromatic heterocycles. The Bertz CT molecular complexity index is 563. The topological polar surface area (TPSA) is 55.9 Å². The fourth-order valence-electron chi connectivity index (χ4n) is 1.90. The lowest BCUT2D eigenvalue weighted by atomic mass is 10.1. The summed E-state index contributed by atoms with van der Waals surface area (Å²) in [6.07, 6.45) is 3.52. The Labute approximate surface area is 120 Å². The van der Waals surface area contributed by atoms with Gasteiger partial charge in [-0.3, -0.25) is 0 Å². The van der Waals surface area contributed by atoms with Crippen molar-refractivity contribution in [2.45, 2.75) is 59.5 Å². The van der Waals surface area contributed by atoms with Crippen LogP contribution in [0.3, 0.4) is 0 Å². The van der Waals surface area contributed by atoms with Crippen LogP contribution in [0.4, 0.5) is 0 Å². The van der Waals surface area contributed by atoms with E-state index < -0.39 is 0 Å². The van der Waals surface area contributed by atoms with E-state index >= 15 is 0 Å². The van der Waals surface area contributed by atoms with Gasteiger partial charge in [0, 0.05) is 17.8 Å². The number of aromatic nitrogens is 3. The average molecular weight is 276 g/mol. The van der Waals surface area contributed by atoms with Gasteiger partial charge in [0.25, 0.3) is 0 Å². The molecule has 2 heterocycles. The molecule has 0 amide bonds. The summed E-state index contributed by atoms with van der Waals surface area (Å²) < 4.78 is 7.37. The Morgan fingerprint density at radius 1 is 1.20 bits per heavy atom. The minimum Gasteiger partial charge on any atom is -0.430 e. The van der Waals surface area contributed by atoms with E-state index in [0.717, 1.165) is 29.9 Å². The first-order valence-corrected chi connectivity index (χ1v) is 7.20. The maximum absolute atomic E-state index is 5.57. The van der Waals surface area contributed by atoms with Crippen molar-refractivity contribution in [1.82, 2.24) is 20.1 Å². The van der Waals surface area contributed by atoms with Crippen molar-refractivity contribution in [2.75, 3.05) is 0 Å². The van der Waals surface area contributed by atoms with Crippen LogP contribution < -0.4 is 5.32 Å². The molecule has 1 N–H and O–H groups in total. The van der Waals surface area contributed by atoms with E-state index in [1.54, 1.807) is 10.9 Å². The third-order valence-electron chi connectivity index (χ3n) is 3.08. The third kappa shape index (κ3) is 3.48. The second-order valence-electron chi connectivity index (χ2n) is 5.97. The average Bonchev–Trinajstić information content (AvgIpc) is 3.01. The number of hydrogen-bond acceptors (Lipinski definition) is 4. The SMILES string of the molecule is CCc1cc(CC)n(-c2nc(CNC(C)(C)C)co2)n1. The first-order valence-electron chi connectivity index (χ1n) is 7.20. The Morgan fingerprint density at radius 3 is 2.55 bits per heavy atom. The normalized spacial score (nSPS) is 12.1. The van der Waals surface area contributed by atoms with Crippen LogP contribution in [0.2, 0.25) is 0 Å². The lowest BCUT2D eigenvalue weighted by molar-refractivity contribution is 0.420. The van der Waals surface area contributed by atoms with Crippen molar-refractivity contribution in [3.63, 3.8) is 0 Å². The molecule has 2 aromatic rings. The molecule has 0 saturated heterocycles. The molecule has 0 aromatic carbocycles. The van der Waals surface area contributed by atoms with Crippen LogP contribution in [0.25, 0.3) is 6.01 Å². The molecule has 0 fully saturated rings. The van der Waals surface area contributed by atoms with Gasteiger partial charge in [-0.1, -0.05) is 13.8 Å². The van der Waals surface area contributed by atoms with Gasteiger partial charge in [0.05, 0.1) is 11.4 Å². The van der Waals surface area contributed by atoms with Crippen molar-refractivity contribution >= 4 is 0 Å². The number of hydrogen-bond donors (Lipinski definition) is 1. The standard InChI is InChI=1S/C15H24N4O/c1-6-11-8-13(7-2)19(18-11)14-17-12(10-20-14)9-16-15(3,4)5/h8,10,16H,6-7,9H2,1-5H3. The van der Waals surface area contributed by atoms with Crippen molar-refractivity contribution in [2.24, 2.45) is 0 Å². The summed E-state index contributed by atoms with van der Waals surface area (Å²) in [7, 11) is 0. The monoisotopic (exact) mass is 276 g/mol. The molecule has 0 bridgehead atoms. The molecule has 0 aliphatic heterocycles. The van der Waals surface area contributed by atoms with E-state index in [1.165, 1.54) is 0 Å². The van der Waals surface area contributed by atoms with Crippen LogP contribution in [-0.2, 0) is 19.4 Å². The zero-order chi connectivity index (χ0) is 14.8. The number of rotatable bonds is 5. The van der Waals surface area contributed by atoms with Crippen LogP contribution >= 0.6 is 0 Å². The number of oxazole rings is 1. The summed E-state index contributed by atoms with van der Waals surface area (Å²) >= 11 is 0. The molecule has 2 rings (SSSR count). The highest BCUT2D eigenvalue weighted by Gasteiger charge is 2.14. The fraction of sp³-hybridized carbons (Fsp3) is 0.600. The van der Waals surface area contributed by atoms with Gasteiger partial charge in [-0.15, -0.1) is 0 Å². The molecule has 0 aliphatic carbocycles. The van der Waals surface area contributed by atoms with E-state index in [0.29, 0.717) is 12.6 Å². The van der Waals surface area contributed by atoms with Crippen LogP contribution in [-0.4, -0.2) is 20.3 Å². The molecular formula is C15H24N4O. The van der Waals surface area contributed by atoms with E-state index in [2.05, 4.69) is 56.1 Å². The fourth-order valence-corrected chi connectivity index (χ4v) is 1.90. The maximum Gasteiger partial charge on any atom is 0.323 e. The van der Waals surface area contributed by atoms with Crippen LogP contribution in [0.15, 0.2) is 16.7 Å². The van der Waals surface area contributed by atoms with Crippen molar-refractivity contribution < 1.29 is 4.42 Å². The van der Waals surface area contributed by atoms with Crippen LogP contribution in [0, 0.1) is 0 Å². The van der Waals surface area contributed by atoms with Crippen molar-refractivity contribution in [3.8, 4) is 6.01 Å². The quantitative estimate of drug-likeness (QED) is 0.912. The summed E-state index contributed by atoms with van der Waals surface area (Å²) in [5.74, 6) is 0. The molecule has 0 spiro atoms. The zero-order valence-electron chi connectivity index (χ0n) is 13.0. The van der Waals surface area contributed by atoms with E-state index in [4.69, 9.17) is 4.42 Å². The summed E-state index contributed by atoms with van der Waals surface area (Å²) in [6, 6.07) is 2.66. The van der Waals surface area contributed by atoms with Gasteiger partial charge >= 0.3 is 6.01 Å². The maximum atomic E-state index is 5.57. The first-order chi connectivity index (χ1) is 9.43. The highest BCUT2D eigenvalue weighted by atomic mass is 16.4. The largest absolute Gasteiger partial charge is 0.430 e.